The molecule has 0 aromatic heterocycles. The summed E-state index contributed by atoms with van der Waals surface area (Å²) in [5.41, 5.74) is 6.67. The molecule has 0 bridgehead atoms. The summed E-state index contributed by atoms with van der Waals surface area (Å²) in [5, 5.41) is 0. The standard InChI is InChI=1S/C15H22F2N2O/c1-11-6-4-5-9-19(11)13(10-18)12-7-2-3-8-14(12)20-15(16)17/h2-3,7-8,11,13,15H,4-6,9-10,18H2,1H3. The van der Waals surface area contributed by atoms with Crippen molar-refractivity contribution in [2.75, 3.05) is 13.1 Å². The minimum Gasteiger partial charge on any atom is -0.434 e. The SMILES string of the molecule is CC1CCCCN1C(CN)c1ccccc1OC(F)F. The van der Waals surface area contributed by atoms with Gasteiger partial charge in [-0.2, -0.15) is 8.78 Å². The first kappa shape index (κ1) is 15.2. The van der Waals surface area contributed by atoms with Crippen LogP contribution in [0.2, 0.25) is 0 Å². The zero-order valence-corrected chi connectivity index (χ0v) is 11.8. The Morgan fingerprint density at radius 3 is 2.75 bits per heavy atom. The minimum atomic E-state index is -2.81. The molecule has 0 spiro atoms. The van der Waals surface area contributed by atoms with Gasteiger partial charge in [0, 0.05) is 18.2 Å². The summed E-state index contributed by atoms with van der Waals surface area (Å²) in [6, 6.07) is 7.30. The average molecular weight is 284 g/mol. The number of para-hydroxylation sites is 1. The zero-order valence-electron chi connectivity index (χ0n) is 11.8. The second-order valence-corrected chi connectivity index (χ2v) is 5.25. The third-order valence-electron chi connectivity index (χ3n) is 3.97. The van der Waals surface area contributed by atoms with E-state index in [2.05, 4.69) is 16.6 Å². The van der Waals surface area contributed by atoms with Gasteiger partial charge in [0.15, 0.2) is 0 Å². The van der Waals surface area contributed by atoms with Crippen molar-refractivity contribution in [1.29, 1.82) is 0 Å². The van der Waals surface area contributed by atoms with Crippen LogP contribution in [0.3, 0.4) is 0 Å². The van der Waals surface area contributed by atoms with Gasteiger partial charge in [-0.15, -0.1) is 0 Å². The summed E-state index contributed by atoms with van der Waals surface area (Å²) in [7, 11) is 0. The normalized spacial score (nSPS) is 21.9. The summed E-state index contributed by atoms with van der Waals surface area (Å²) >= 11 is 0. The third-order valence-corrected chi connectivity index (χ3v) is 3.97. The predicted octanol–water partition coefficient (Wildman–Crippen LogP) is 3.16. The van der Waals surface area contributed by atoms with Crippen LogP contribution in [0, 0.1) is 0 Å². The van der Waals surface area contributed by atoms with Crippen LogP contribution in [0.25, 0.3) is 0 Å². The molecule has 1 fully saturated rings. The van der Waals surface area contributed by atoms with Crippen molar-refractivity contribution in [2.45, 2.75) is 44.9 Å². The van der Waals surface area contributed by atoms with Crippen LogP contribution < -0.4 is 10.5 Å². The number of halogens is 2. The number of alkyl halides is 2. The molecule has 2 atom stereocenters. The van der Waals surface area contributed by atoms with Crippen LogP contribution in [0.4, 0.5) is 8.78 Å². The molecule has 0 radical (unpaired) electrons. The summed E-state index contributed by atoms with van der Waals surface area (Å²) in [6.07, 6.45) is 3.46. The first-order chi connectivity index (χ1) is 9.63. The topological polar surface area (TPSA) is 38.5 Å². The Labute approximate surface area is 118 Å². The number of hydrogen-bond acceptors (Lipinski definition) is 3. The molecule has 5 heteroatoms. The highest BCUT2D eigenvalue weighted by atomic mass is 19.3. The van der Waals surface area contributed by atoms with Crippen LogP contribution in [0.5, 0.6) is 5.75 Å². The summed E-state index contributed by atoms with van der Waals surface area (Å²) < 4.78 is 29.7. The molecule has 3 nitrogen and oxygen atoms in total. The molecule has 0 aliphatic carbocycles. The number of likely N-dealkylation sites (tertiary alicyclic amines) is 1. The molecule has 1 aromatic carbocycles. The first-order valence-corrected chi connectivity index (χ1v) is 7.13. The van der Waals surface area contributed by atoms with Crippen molar-refractivity contribution < 1.29 is 13.5 Å². The molecule has 2 rings (SSSR count). The van der Waals surface area contributed by atoms with E-state index in [-0.39, 0.29) is 11.8 Å². The summed E-state index contributed by atoms with van der Waals surface area (Å²) in [6.45, 7) is 0.701. The molecular formula is C15H22F2N2O. The summed E-state index contributed by atoms with van der Waals surface area (Å²) in [4.78, 5) is 2.30. The molecule has 0 amide bonds. The van der Waals surface area contributed by atoms with Crippen molar-refractivity contribution in [2.24, 2.45) is 5.73 Å². The van der Waals surface area contributed by atoms with Crippen LogP contribution >= 0.6 is 0 Å². The Hall–Kier alpha value is -1.20. The van der Waals surface area contributed by atoms with Gasteiger partial charge in [-0.1, -0.05) is 24.6 Å². The third kappa shape index (κ3) is 3.46. The van der Waals surface area contributed by atoms with Gasteiger partial charge in [0.1, 0.15) is 5.75 Å². The van der Waals surface area contributed by atoms with Crippen LogP contribution in [-0.2, 0) is 0 Å². The van der Waals surface area contributed by atoms with E-state index in [1.165, 1.54) is 6.42 Å². The van der Waals surface area contributed by atoms with Crippen LogP contribution in [-0.4, -0.2) is 30.6 Å². The molecule has 1 saturated heterocycles. The number of hydrogen-bond donors (Lipinski definition) is 1. The van der Waals surface area contributed by atoms with Gasteiger partial charge in [0.05, 0.1) is 6.04 Å². The first-order valence-electron chi connectivity index (χ1n) is 7.13. The van der Waals surface area contributed by atoms with Crippen molar-refractivity contribution in [3.05, 3.63) is 29.8 Å². The van der Waals surface area contributed by atoms with Crippen molar-refractivity contribution in [3.8, 4) is 5.75 Å². The molecule has 2 unspecified atom stereocenters. The van der Waals surface area contributed by atoms with E-state index in [9.17, 15) is 8.78 Å². The van der Waals surface area contributed by atoms with Gasteiger partial charge in [-0.05, 0) is 32.4 Å². The lowest BCUT2D eigenvalue weighted by Gasteiger charge is -2.39. The highest BCUT2D eigenvalue weighted by molar-refractivity contribution is 5.36. The monoisotopic (exact) mass is 284 g/mol. The van der Waals surface area contributed by atoms with E-state index in [1.807, 2.05) is 12.1 Å². The lowest BCUT2D eigenvalue weighted by molar-refractivity contribution is -0.0514. The Morgan fingerprint density at radius 1 is 1.35 bits per heavy atom. The second kappa shape index (κ2) is 6.99. The molecular weight excluding hydrogens is 262 g/mol. The molecule has 1 aliphatic rings. The van der Waals surface area contributed by atoms with Gasteiger partial charge in [-0.3, -0.25) is 4.90 Å². The summed E-state index contributed by atoms with van der Waals surface area (Å²) in [5.74, 6) is 0.232. The highest BCUT2D eigenvalue weighted by Gasteiger charge is 2.28. The number of piperidine rings is 1. The van der Waals surface area contributed by atoms with Gasteiger partial charge in [0.25, 0.3) is 0 Å². The zero-order chi connectivity index (χ0) is 14.5. The maximum Gasteiger partial charge on any atom is 0.387 e. The number of benzene rings is 1. The molecule has 0 saturated carbocycles. The Bertz CT molecular complexity index is 428. The van der Waals surface area contributed by atoms with Crippen LogP contribution in [0.1, 0.15) is 37.8 Å². The fourth-order valence-corrected chi connectivity index (χ4v) is 2.98. The van der Waals surface area contributed by atoms with Gasteiger partial charge in [-0.25, -0.2) is 0 Å². The predicted molar refractivity (Wildman–Crippen MR) is 74.9 cm³/mol. The van der Waals surface area contributed by atoms with E-state index < -0.39 is 6.61 Å². The van der Waals surface area contributed by atoms with E-state index in [0.29, 0.717) is 12.6 Å². The smallest absolute Gasteiger partial charge is 0.387 e. The molecule has 2 N–H and O–H groups in total. The van der Waals surface area contributed by atoms with E-state index in [4.69, 9.17) is 5.73 Å². The van der Waals surface area contributed by atoms with Crippen molar-refractivity contribution >= 4 is 0 Å². The van der Waals surface area contributed by atoms with Crippen molar-refractivity contribution in [1.82, 2.24) is 4.90 Å². The maximum absolute atomic E-state index is 12.5. The maximum atomic E-state index is 12.5. The molecule has 1 aliphatic heterocycles. The Kier molecular flexibility index (Phi) is 5.31. The Morgan fingerprint density at radius 2 is 2.10 bits per heavy atom. The number of rotatable bonds is 5. The number of ether oxygens (including phenoxy) is 1. The van der Waals surface area contributed by atoms with E-state index in [0.717, 1.165) is 24.9 Å². The minimum absolute atomic E-state index is 0.0692. The molecule has 1 aromatic rings. The van der Waals surface area contributed by atoms with Gasteiger partial charge >= 0.3 is 6.61 Å². The van der Waals surface area contributed by atoms with Crippen molar-refractivity contribution in [3.63, 3.8) is 0 Å². The molecule has 20 heavy (non-hydrogen) atoms. The number of nitrogens with zero attached hydrogens (tertiary/aromatic N) is 1. The fraction of sp³-hybridized carbons (Fsp3) is 0.600. The average Bonchev–Trinajstić information content (AvgIpc) is 2.43. The molecule has 112 valence electrons. The lowest BCUT2D eigenvalue weighted by Crippen LogP contribution is -2.43. The van der Waals surface area contributed by atoms with E-state index >= 15 is 0 Å². The van der Waals surface area contributed by atoms with Gasteiger partial charge in [0.2, 0.25) is 0 Å². The van der Waals surface area contributed by atoms with Crippen LogP contribution in [0.15, 0.2) is 24.3 Å². The fourth-order valence-electron chi connectivity index (χ4n) is 2.98. The lowest BCUT2D eigenvalue weighted by atomic mass is 9.96. The molecule has 1 heterocycles. The Balaban J connectivity index is 2.26. The second-order valence-electron chi connectivity index (χ2n) is 5.25. The van der Waals surface area contributed by atoms with Gasteiger partial charge < -0.3 is 10.5 Å². The number of nitrogens with two attached hydrogens (primary N) is 1. The largest absolute Gasteiger partial charge is 0.434 e. The highest BCUT2D eigenvalue weighted by Crippen LogP contribution is 2.33. The van der Waals surface area contributed by atoms with E-state index in [1.54, 1.807) is 12.1 Å². The quantitative estimate of drug-likeness (QED) is 0.902.